The van der Waals surface area contributed by atoms with Crippen molar-refractivity contribution in [2.24, 2.45) is 0 Å². The van der Waals surface area contributed by atoms with Crippen LogP contribution in [0, 0.1) is 6.92 Å². The van der Waals surface area contributed by atoms with Gasteiger partial charge >= 0.3 is 5.69 Å². The molecule has 31 heavy (non-hydrogen) atoms. The van der Waals surface area contributed by atoms with Crippen molar-refractivity contribution in [2.75, 3.05) is 7.11 Å². The Balaban J connectivity index is 1.54. The molecule has 2 aromatic heterocycles. The molecule has 1 amide bonds. The van der Waals surface area contributed by atoms with Crippen LogP contribution in [-0.2, 0) is 24.4 Å². The third-order valence-electron chi connectivity index (χ3n) is 4.72. The summed E-state index contributed by atoms with van der Waals surface area (Å²) in [6.45, 7) is 2.33. The molecule has 0 saturated heterocycles. The first-order valence-corrected chi connectivity index (χ1v) is 9.73. The van der Waals surface area contributed by atoms with Gasteiger partial charge in [-0.05, 0) is 48.7 Å². The van der Waals surface area contributed by atoms with E-state index < -0.39 is 11.2 Å². The Bertz CT molecular complexity index is 1150. The number of amides is 1. The first-order valence-electron chi connectivity index (χ1n) is 9.73. The molecule has 3 rings (SSSR count). The number of benzene rings is 1. The van der Waals surface area contributed by atoms with Crippen LogP contribution in [-0.4, -0.2) is 28.0 Å². The van der Waals surface area contributed by atoms with E-state index in [1.54, 1.807) is 38.6 Å². The Labute approximate surface area is 178 Å². The van der Waals surface area contributed by atoms with Crippen LogP contribution in [0.25, 0.3) is 0 Å². The molecule has 0 aliphatic heterocycles. The average Bonchev–Trinajstić information content (AvgIpc) is 2.76. The second-order valence-corrected chi connectivity index (χ2v) is 6.92. The molecule has 0 saturated carbocycles. The number of H-pyrrole nitrogens is 2. The molecule has 0 aliphatic rings. The van der Waals surface area contributed by atoms with Crippen molar-refractivity contribution >= 4 is 5.91 Å². The highest BCUT2D eigenvalue weighted by Gasteiger charge is 2.10. The van der Waals surface area contributed by atoms with Gasteiger partial charge in [0.25, 0.3) is 5.56 Å². The molecule has 0 aliphatic carbocycles. The minimum Gasteiger partial charge on any atom is -0.493 e. The highest BCUT2D eigenvalue weighted by molar-refractivity contribution is 5.76. The number of hydrogen-bond acceptors (Lipinski definition) is 6. The van der Waals surface area contributed by atoms with Gasteiger partial charge in [-0.3, -0.25) is 19.6 Å². The first kappa shape index (κ1) is 21.8. The number of nitrogens with zero attached hydrogens (tertiary/aromatic N) is 1. The van der Waals surface area contributed by atoms with Gasteiger partial charge in [0.15, 0.2) is 11.5 Å². The van der Waals surface area contributed by atoms with Gasteiger partial charge in [0, 0.05) is 36.6 Å². The van der Waals surface area contributed by atoms with Crippen LogP contribution in [0.3, 0.4) is 0 Å². The van der Waals surface area contributed by atoms with Crippen molar-refractivity contribution in [3.63, 3.8) is 0 Å². The van der Waals surface area contributed by atoms with Crippen molar-refractivity contribution in [3.05, 3.63) is 85.9 Å². The summed E-state index contributed by atoms with van der Waals surface area (Å²) in [6, 6.07) is 9.20. The zero-order valence-corrected chi connectivity index (χ0v) is 17.4. The number of aromatic nitrogens is 3. The van der Waals surface area contributed by atoms with Gasteiger partial charge in [0.2, 0.25) is 5.91 Å². The third-order valence-corrected chi connectivity index (χ3v) is 4.72. The lowest BCUT2D eigenvalue weighted by Gasteiger charge is -2.13. The van der Waals surface area contributed by atoms with Crippen molar-refractivity contribution in [1.82, 2.24) is 20.3 Å². The maximum absolute atomic E-state index is 12.2. The van der Waals surface area contributed by atoms with Gasteiger partial charge < -0.3 is 19.8 Å². The number of pyridine rings is 1. The average molecular weight is 424 g/mol. The fraction of sp³-hybridized carbons (Fsp3) is 0.273. The van der Waals surface area contributed by atoms with E-state index >= 15 is 0 Å². The maximum atomic E-state index is 12.2. The number of carbonyl (C=O) groups excluding carboxylic acids is 1. The van der Waals surface area contributed by atoms with E-state index in [0.29, 0.717) is 35.9 Å². The van der Waals surface area contributed by atoms with Crippen LogP contribution < -0.4 is 26.0 Å². The SMILES string of the molecule is COc1cc(CNC(=O)CCc2c(C)[nH]c(=O)[nH]c2=O)ccc1OCc1ccncc1. The molecular formula is C22H24N4O5. The smallest absolute Gasteiger partial charge is 0.325 e. The van der Waals surface area contributed by atoms with Crippen molar-refractivity contribution in [3.8, 4) is 11.5 Å². The molecule has 9 nitrogen and oxygen atoms in total. The van der Waals surface area contributed by atoms with Crippen LogP contribution in [0.4, 0.5) is 0 Å². The van der Waals surface area contributed by atoms with E-state index in [1.165, 1.54) is 0 Å². The van der Waals surface area contributed by atoms with Gasteiger partial charge in [-0.25, -0.2) is 4.79 Å². The minimum atomic E-state index is -0.558. The van der Waals surface area contributed by atoms with Crippen LogP contribution in [0.1, 0.15) is 28.8 Å². The topological polar surface area (TPSA) is 126 Å². The quantitative estimate of drug-likeness (QED) is 0.479. The zero-order chi connectivity index (χ0) is 22.2. The van der Waals surface area contributed by atoms with E-state index in [2.05, 4.69) is 20.3 Å². The Morgan fingerprint density at radius 2 is 1.84 bits per heavy atom. The van der Waals surface area contributed by atoms with Gasteiger partial charge in [-0.2, -0.15) is 0 Å². The summed E-state index contributed by atoms with van der Waals surface area (Å²) in [5.41, 5.74) is 1.67. The van der Waals surface area contributed by atoms with Gasteiger partial charge in [-0.1, -0.05) is 6.07 Å². The monoisotopic (exact) mass is 424 g/mol. The lowest BCUT2D eigenvalue weighted by Crippen LogP contribution is -2.29. The summed E-state index contributed by atoms with van der Waals surface area (Å²) >= 11 is 0. The Morgan fingerprint density at radius 1 is 1.06 bits per heavy atom. The molecule has 1 aromatic carbocycles. The Hall–Kier alpha value is -3.88. The van der Waals surface area contributed by atoms with Crippen LogP contribution in [0.5, 0.6) is 11.5 Å². The third kappa shape index (κ3) is 6.05. The lowest BCUT2D eigenvalue weighted by molar-refractivity contribution is -0.121. The fourth-order valence-corrected chi connectivity index (χ4v) is 3.04. The lowest BCUT2D eigenvalue weighted by atomic mass is 10.1. The van der Waals surface area contributed by atoms with E-state index in [9.17, 15) is 14.4 Å². The predicted molar refractivity (Wildman–Crippen MR) is 114 cm³/mol. The number of nitrogens with one attached hydrogen (secondary N) is 3. The maximum Gasteiger partial charge on any atom is 0.325 e. The predicted octanol–water partition coefficient (Wildman–Crippen LogP) is 1.60. The van der Waals surface area contributed by atoms with Gasteiger partial charge in [0.05, 0.1) is 7.11 Å². The normalized spacial score (nSPS) is 10.5. The van der Waals surface area contributed by atoms with E-state index in [-0.39, 0.29) is 18.7 Å². The summed E-state index contributed by atoms with van der Waals surface area (Å²) < 4.78 is 11.2. The van der Waals surface area contributed by atoms with E-state index in [4.69, 9.17) is 9.47 Å². The number of aryl methyl sites for hydroxylation is 1. The molecule has 0 unspecified atom stereocenters. The second kappa shape index (κ2) is 10.2. The highest BCUT2D eigenvalue weighted by Crippen LogP contribution is 2.28. The number of carbonyl (C=O) groups is 1. The summed E-state index contributed by atoms with van der Waals surface area (Å²) in [5.74, 6) is 0.959. The van der Waals surface area contributed by atoms with Crippen LogP contribution in [0.15, 0.2) is 52.3 Å². The molecular weight excluding hydrogens is 400 g/mol. The van der Waals surface area contributed by atoms with Gasteiger partial charge in [-0.15, -0.1) is 0 Å². The number of rotatable bonds is 9. The molecule has 3 N–H and O–H groups in total. The molecule has 162 valence electrons. The number of aromatic amines is 2. The summed E-state index contributed by atoms with van der Waals surface area (Å²) in [5, 5.41) is 2.82. The molecule has 9 heteroatoms. The highest BCUT2D eigenvalue weighted by atomic mass is 16.5. The molecule has 0 atom stereocenters. The molecule has 0 fully saturated rings. The van der Waals surface area contributed by atoms with Crippen LogP contribution in [0.2, 0.25) is 0 Å². The second-order valence-electron chi connectivity index (χ2n) is 6.92. The zero-order valence-electron chi connectivity index (χ0n) is 17.4. The fourth-order valence-electron chi connectivity index (χ4n) is 3.04. The Kier molecular flexibility index (Phi) is 7.21. The molecule has 2 heterocycles. The summed E-state index contributed by atoms with van der Waals surface area (Å²) in [6.07, 6.45) is 3.77. The van der Waals surface area contributed by atoms with E-state index in [1.807, 2.05) is 18.2 Å². The van der Waals surface area contributed by atoms with Crippen molar-refractivity contribution < 1.29 is 14.3 Å². The van der Waals surface area contributed by atoms with Crippen molar-refractivity contribution in [2.45, 2.75) is 32.9 Å². The standard InChI is InChI=1S/C22H24N4O5/c1-14-17(21(28)26-22(29)25-14)4-6-20(27)24-12-16-3-5-18(19(11-16)30-2)31-13-15-7-9-23-10-8-15/h3,5,7-11H,4,6,12-13H2,1-2H3,(H,24,27)(H2,25,26,28,29). The summed E-state index contributed by atoms with van der Waals surface area (Å²) in [7, 11) is 1.56. The minimum absolute atomic E-state index is 0.125. The Morgan fingerprint density at radius 3 is 2.55 bits per heavy atom. The number of hydrogen-bond donors (Lipinski definition) is 3. The molecule has 0 bridgehead atoms. The largest absolute Gasteiger partial charge is 0.493 e. The molecule has 0 radical (unpaired) electrons. The van der Waals surface area contributed by atoms with Crippen molar-refractivity contribution in [1.29, 1.82) is 0 Å². The first-order chi connectivity index (χ1) is 15.0. The number of ether oxygens (including phenoxy) is 2. The summed E-state index contributed by atoms with van der Waals surface area (Å²) in [4.78, 5) is 44.0. The molecule has 0 spiro atoms. The number of methoxy groups -OCH3 is 1. The van der Waals surface area contributed by atoms with Crippen LogP contribution >= 0.6 is 0 Å². The molecule has 3 aromatic rings. The van der Waals surface area contributed by atoms with E-state index in [0.717, 1.165) is 11.1 Å². The van der Waals surface area contributed by atoms with Gasteiger partial charge in [0.1, 0.15) is 6.61 Å².